The normalized spacial score (nSPS) is 29.8. The molecule has 0 aliphatic heterocycles. The first kappa shape index (κ1) is 12.7. The van der Waals surface area contributed by atoms with Gasteiger partial charge >= 0.3 is 0 Å². The van der Waals surface area contributed by atoms with Gasteiger partial charge in [-0.05, 0) is 30.6 Å². The van der Waals surface area contributed by atoms with E-state index in [0.29, 0.717) is 5.92 Å². The molecule has 2 atom stereocenters. The Labute approximate surface area is 95.4 Å². The minimum absolute atomic E-state index is 0.0891. The quantitative estimate of drug-likeness (QED) is 0.322. The van der Waals surface area contributed by atoms with Gasteiger partial charge in [0, 0.05) is 0 Å². The van der Waals surface area contributed by atoms with Crippen molar-refractivity contribution in [3.8, 4) is 0 Å². The fourth-order valence-corrected chi connectivity index (χ4v) is 2.71. The minimum atomic E-state index is -0.684. The third-order valence-corrected chi connectivity index (χ3v) is 2.89. The van der Waals surface area contributed by atoms with Gasteiger partial charge in [0.1, 0.15) is 0 Å². The lowest BCUT2D eigenvalue weighted by atomic mass is 9.71. The van der Waals surface area contributed by atoms with Crippen LogP contribution in [-0.2, 0) is 0 Å². The Bertz CT molecular complexity index is 301. The summed E-state index contributed by atoms with van der Waals surface area (Å²) >= 11 is 0. The SMILES string of the molecule is CC1CC(N=C(N)N[N+](=O)[O-])CC(C)(C)C1. The molecule has 0 bridgehead atoms. The predicted octanol–water partition coefficient (Wildman–Crippen LogP) is 1.30. The third kappa shape index (κ3) is 4.04. The van der Waals surface area contributed by atoms with Crippen LogP contribution in [0.15, 0.2) is 4.99 Å². The molecule has 1 fully saturated rings. The van der Waals surface area contributed by atoms with Crippen molar-refractivity contribution < 1.29 is 5.03 Å². The average Bonchev–Trinajstić information content (AvgIpc) is 1.95. The number of nitrogens with one attached hydrogen (secondary N) is 1. The Morgan fingerprint density at radius 3 is 2.69 bits per heavy atom. The molecule has 1 aliphatic carbocycles. The van der Waals surface area contributed by atoms with E-state index in [4.69, 9.17) is 5.73 Å². The van der Waals surface area contributed by atoms with Crippen molar-refractivity contribution >= 4 is 5.96 Å². The largest absolute Gasteiger partial charge is 0.365 e. The van der Waals surface area contributed by atoms with Gasteiger partial charge in [0.2, 0.25) is 0 Å². The van der Waals surface area contributed by atoms with Crippen LogP contribution in [0.4, 0.5) is 0 Å². The van der Waals surface area contributed by atoms with Gasteiger partial charge in [-0.25, -0.2) is 15.1 Å². The van der Waals surface area contributed by atoms with Crippen molar-refractivity contribution in [2.24, 2.45) is 22.1 Å². The number of aliphatic imine (C=N–C) groups is 1. The third-order valence-electron chi connectivity index (χ3n) is 2.89. The Kier molecular flexibility index (Phi) is 3.72. The Morgan fingerprint density at radius 1 is 1.56 bits per heavy atom. The van der Waals surface area contributed by atoms with Crippen LogP contribution in [-0.4, -0.2) is 17.0 Å². The molecule has 0 spiro atoms. The van der Waals surface area contributed by atoms with E-state index in [-0.39, 0.29) is 17.4 Å². The number of nitrogens with two attached hydrogens (primary N) is 1. The Balaban J connectivity index is 2.63. The molecule has 1 rings (SSSR count). The van der Waals surface area contributed by atoms with Crippen molar-refractivity contribution in [3.63, 3.8) is 0 Å². The highest BCUT2D eigenvalue weighted by Crippen LogP contribution is 2.39. The molecule has 6 heteroatoms. The molecule has 0 saturated heterocycles. The van der Waals surface area contributed by atoms with E-state index >= 15 is 0 Å². The summed E-state index contributed by atoms with van der Waals surface area (Å²) in [6, 6.07) is 0.0891. The van der Waals surface area contributed by atoms with E-state index in [9.17, 15) is 10.1 Å². The van der Waals surface area contributed by atoms with Crippen LogP contribution in [0.3, 0.4) is 0 Å². The van der Waals surface area contributed by atoms with Crippen molar-refractivity contribution in [2.45, 2.75) is 46.1 Å². The molecule has 1 aliphatic rings. The Hall–Kier alpha value is -1.33. The van der Waals surface area contributed by atoms with Gasteiger partial charge in [0.15, 0.2) is 5.03 Å². The molecule has 0 heterocycles. The lowest BCUT2D eigenvalue weighted by molar-refractivity contribution is -0.525. The molecule has 0 aromatic rings. The molecule has 2 unspecified atom stereocenters. The molecule has 6 nitrogen and oxygen atoms in total. The van der Waals surface area contributed by atoms with Crippen LogP contribution >= 0.6 is 0 Å². The van der Waals surface area contributed by atoms with Crippen molar-refractivity contribution in [1.29, 1.82) is 0 Å². The summed E-state index contributed by atoms with van der Waals surface area (Å²) in [4.78, 5) is 14.3. The lowest BCUT2D eigenvalue weighted by Gasteiger charge is -2.37. The van der Waals surface area contributed by atoms with E-state index in [1.807, 2.05) is 5.43 Å². The highest BCUT2D eigenvalue weighted by molar-refractivity contribution is 5.76. The fraction of sp³-hybridized carbons (Fsp3) is 0.900. The summed E-state index contributed by atoms with van der Waals surface area (Å²) in [5.74, 6) is 0.487. The van der Waals surface area contributed by atoms with Crippen LogP contribution in [0.1, 0.15) is 40.0 Å². The standard InChI is InChI=1S/C10H20N4O2/c1-7-4-8(6-10(2,3)5-7)12-9(11)13-14(15)16/h7-8H,4-6H2,1-3H3,(H3,11,12,13). The highest BCUT2D eigenvalue weighted by Gasteiger charge is 2.32. The zero-order valence-corrected chi connectivity index (χ0v) is 10.1. The average molecular weight is 228 g/mol. The first-order valence-electron chi connectivity index (χ1n) is 5.53. The van der Waals surface area contributed by atoms with Crippen LogP contribution in [0.2, 0.25) is 0 Å². The van der Waals surface area contributed by atoms with E-state index in [1.165, 1.54) is 6.42 Å². The summed E-state index contributed by atoms with van der Waals surface area (Å²) in [5, 5.41) is 9.49. The summed E-state index contributed by atoms with van der Waals surface area (Å²) in [6.45, 7) is 6.57. The fourth-order valence-electron chi connectivity index (χ4n) is 2.71. The molecule has 0 aromatic carbocycles. The summed E-state index contributed by atoms with van der Waals surface area (Å²) in [5.41, 5.74) is 7.56. The molecule has 16 heavy (non-hydrogen) atoms. The van der Waals surface area contributed by atoms with Crippen LogP contribution in [0, 0.1) is 21.4 Å². The minimum Gasteiger partial charge on any atom is -0.365 e. The Morgan fingerprint density at radius 2 is 2.19 bits per heavy atom. The number of hydrazine groups is 1. The second-order valence-corrected chi connectivity index (χ2v) is 5.45. The van der Waals surface area contributed by atoms with Crippen LogP contribution in [0.25, 0.3) is 0 Å². The van der Waals surface area contributed by atoms with Crippen molar-refractivity contribution in [2.75, 3.05) is 0 Å². The van der Waals surface area contributed by atoms with E-state index < -0.39 is 5.03 Å². The molecule has 92 valence electrons. The first-order chi connectivity index (χ1) is 7.28. The van der Waals surface area contributed by atoms with Crippen molar-refractivity contribution in [1.82, 2.24) is 5.43 Å². The molecule has 0 radical (unpaired) electrons. The topological polar surface area (TPSA) is 93.5 Å². The maximum Gasteiger partial charge on any atom is 0.251 e. The van der Waals surface area contributed by atoms with Gasteiger partial charge in [0.05, 0.1) is 6.04 Å². The number of nitrogens with zero attached hydrogens (tertiary/aromatic N) is 2. The van der Waals surface area contributed by atoms with Crippen LogP contribution < -0.4 is 11.2 Å². The van der Waals surface area contributed by atoms with Crippen molar-refractivity contribution in [3.05, 3.63) is 10.1 Å². The summed E-state index contributed by atoms with van der Waals surface area (Å²) in [7, 11) is 0. The van der Waals surface area contributed by atoms with Gasteiger partial charge in [-0.3, -0.25) is 0 Å². The maximum absolute atomic E-state index is 10.2. The molecular formula is C10H20N4O2. The number of nitro groups is 1. The van der Waals surface area contributed by atoms with Gasteiger partial charge in [-0.1, -0.05) is 26.2 Å². The summed E-state index contributed by atoms with van der Waals surface area (Å²) < 4.78 is 0. The molecule has 0 amide bonds. The zero-order chi connectivity index (χ0) is 12.3. The van der Waals surface area contributed by atoms with Gasteiger partial charge < -0.3 is 5.73 Å². The predicted molar refractivity (Wildman–Crippen MR) is 62.3 cm³/mol. The molecule has 0 aromatic heterocycles. The number of hydrogen-bond acceptors (Lipinski definition) is 3. The smallest absolute Gasteiger partial charge is 0.251 e. The monoisotopic (exact) mass is 228 g/mol. The van der Waals surface area contributed by atoms with E-state index in [2.05, 4.69) is 25.8 Å². The summed E-state index contributed by atoms with van der Waals surface area (Å²) in [6.07, 6.45) is 3.04. The van der Waals surface area contributed by atoms with Gasteiger partial charge in [-0.2, -0.15) is 0 Å². The number of hydrogen-bond donors (Lipinski definition) is 2. The molecular weight excluding hydrogens is 208 g/mol. The van der Waals surface area contributed by atoms with E-state index in [0.717, 1.165) is 12.8 Å². The maximum atomic E-state index is 10.2. The van der Waals surface area contributed by atoms with Gasteiger partial charge in [0.25, 0.3) is 5.96 Å². The number of guanidine groups is 1. The lowest BCUT2D eigenvalue weighted by Crippen LogP contribution is -2.39. The van der Waals surface area contributed by atoms with Gasteiger partial charge in [-0.15, -0.1) is 0 Å². The second-order valence-electron chi connectivity index (χ2n) is 5.45. The molecule has 1 saturated carbocycles. The van der Waals surface area contributed by atoms with E-state index in [1.54, 1.807) is 0 Å². The number of rotatable bonds is 2. The second kappa shape index (κ2) is 4.67. The molecule has 3 N–H and O–H groups in total. The van der Waals surface area contributed by atoms with Crippen LogP contribution in [0.5, 0.6) is 0 Å². The first-order valence-corrected chi connectivity index (χ1v) is 5.53. The zero-order valence-electron chi connectivity index (χ0n) is 10.1. The highest BCUT2D eigenvalue weighted by atomic mass is 16.7.